The Kier molecular flexibility index (Phi) is 4.25. The fourth-order valence-corrected chi connectivity index (χ4v) is 3.80. The zero-order chi connectivity index (χ0) is 16.8. The van der Waals surface area contributed by atoms with Gasteiger partial charge in [0, 0.05) is 0 Å². The van der Waals surface area contributed by atoms with E-state index in [1.165, 1.54) is 18.2 Å². The van der Waals surface area contributed by atoms with Gasteiger partial charge < -0.3 is 10.1 Å². The van der Waals surface area contributed by atoms with Crippen LogP contribution in [0.25, 0.3) is 0 Å². The minimum atomic E-state index is -4.65. The van der Waals surface area contributed by atoms with Gasteiger partial charge in [0.25, 0.3) is 0 Å². The van der Waals surface area contributed by atoms with E-state index in [0.717, 1.165) is 0 Å². The molecule has 1 fully saturated rings. The van der Waals surface area contributed by atoms with Crippen molar-refractivity contribution in [1.29, 1.82) is 0 Å². The average Bonchev–Trinajstić information content (AvgIpc) is 2.57. The Morgan fingerprint density at radius 1 is 1.23 bits per heavy atom. The number of benzene rings is 1. The second kappa shape index (κ2) is 5.45. The molecule has 1 aromatic carbocycles. The highest BCUT2D eigenvalue weighted by molar-refractivity contribution is 7.91. The molecule has 4 nitrogen and oxygen atoms in total. The molecule has 1 atom stereocenters. The number of ether oxygens (including phenoxy) is 1. The number of hydrogen-bond acceptors (Lipinski definition) is 4. The van der Waals surface area contributed by atoms with E-state index in [9.17, 15) is 17.2 Å². The van der Waals surface area contributed by atoms with E-state index in [1.54, 1.807) is 6.07 Å². The molecule has 0 radical (unpaired) electrons. The van der Waals surface area contributed by atoms with Crippen molar-refractivity contribution in [3.8, 4) is 0 Å². The fraction of sp³-hybridized carbons (Fsp3) is 0.600. The molecule has 0 saturated carbocycles. The van der Waals surface area contributed by atoms with E-state index in [-0.39, 0.29) is 22.2 Å². The molecule has 0 aromatic heterocycles. The third kappa shape index (κ3) is 3.25. The van der Waals surface area contributed by atoms with Crippen LogP contribution < -0.4 is 5.32 Å². The largest absolute Gasteiger partial charge is 0.378 e. The van der Waals surface area contributed by atoms with Gasteiger partial charge in [0.1, 0.15) is 0 Å². The zero-order valence-corrected chi connectivity index (χ0v) is 13.9. The molecule has 1 heterocycles. The van der Waals surface area contributed by atoms with E-state index in [2.05, 4.69) is 5.32 Å². The number of rotatable bonds is 4. The van der Waals surface area contributed by atoms with Crippen LogP contribution in [0.1, 0.15) is 34.1 Å². The van der Waals surface area contributed by atoms with Crippen LogP contribution in [0.5, 0.6) is 0 Å². The summed E-state index contributed by atoms with van der Waals surface area (Å²) in [7, 11) is -4.65. The van der Waals surface area contributed by atoms with Crippen LogP contribution in [0.4, 0.5) is 14.5 Å². The molecule has 1 aliphatic rings. The Morgan fingerprint density at radius 2 is 1.82 bits per heavy atom. The van der Waals surface area contributed by atoms with Gasteiger partial charge in [-0.15, -0.1) is 0 Å². The second-order valence-corrected chi connectivity index (χ2v) is 8.55. The molecule has 0 bridgehead atoms. The summed E-state index contributed by atoms with van der Waals surface area (Å²) in [5.74, 6) is -3.44. The highest BCUT2D eigenvalue weighted by atomic mass is 32.2. The number of hydrogen-bond donors (Lipinski definition) is 1. The van der Waals surface area contributed by atoms with Gasteiger partial charge in [-0.3, -0.25) is 0 Å². The van der Waals surface area contributed by atoms with Gasteiger partial charge in [0.05, 0.1) is 27.8 Å². The molecule has 1 N–H and O–H groups in total. The second-order valence-electron chi connectivity index (χ2n) is 6.67. The Hall–Kier alpha value is -1.21. The smallest absolute Gasteiger partial charge is 0.341 e. The third-order valence-corrected chi connectivity index (χ3v) is 5.27. The summed E-state index contributed by atoms with van der Waals surface area (Å²) in [5.41, 5.74) is -0.717. The lowest BCUT2D eigenvalue weighted by Gasteiger charge is -2.29. The quantitative estimate of drug-likeness (QED) is 0.917. The summed E-state index contributed by atoms with van der Waals surface area (Å²) in [6, 6.07) is 5.55. The van der Waals surface area contributed by atoms with Crippen LogP contribution in [0.15, 0.2) is 29.2 Å². The maximum atomic E-state index is 12.8. The molecule has 7 heteroatoms. The van der Waals surface area contributed by atoms with E-state index >= 15 is 0 Å². The standard InChI is InChI=1S/C15H21F2NO3S/c1-14(2)9-12(15(3,4)21-14)18-10-7-5-6-8-11(10)22(19,20)13(16)17/h5-8,12-13,18H,9H2,1-4H3. The van der Waals surface area contributed by atoms with Crippen LogP contribution in [0, 0.1) is 0 Å². The van der Waals surface area contributed by atoms with Gasteiger partial charge in [-0.25, -0.2) is 8.42 Å². The average molecular weight is 333 g/mol. The number of nitrogens with one attached hydrogen (secondary N) is 1. The molecular formula is C15H21F2NO3S. The minimum Gasteiger partial charge on any atom is -0.378 e. The summed E-state index contributed by atoms with van der Waals surface area (Å²) >= 11 is 0. The molecule has 0 aliphatic carbocycles. The molecule has 124 valence electrons. The molecule has 0 amide bonds. The number of halogens is 2. The third-order valence-electron chi connectivity index (χ3n) is 3.83. The van der Waals surface area contributed by atoms with Crippen molar-refractivity contribution in [1.82, 2.24) is 0 Å². The lowest BCUT2D eigenvalue weighted by Crippen LogP contribution is -2.38. The summed E-state index contributed by atoms with van der Waals surface area (Å²) < 4.78 is 55.2. The van der Waals surface area contributed by atoms with Crippen LogP contribution in [-0.4, -0.2) is 31.4 Å². The summed E-state index contributed by atoms with van der Waals surface area (Å²) in [6.07, 6.45) is 0.642. The van der Waals surface area contributed by atoms with Crippen molar-refractivity contribution in [3.05, 3.63) is 24.3 Å². The minimum absolute atomic E-state index is 0.183. The van der Waals surface area contributed by atoms with Crippen LogP contribution in [-0.2, 0) is 14.6 Å². The Morgan fingerprint density at radius 3 is 2.32 bits per heavy atom. The number of sulfone groups is 1. The van der Waals surface area contributed by atoms with E-state index in [1.807, 2.05) is 27.7 Å². The van der Waals surface area contributed by atoms with Crippen LogP contribution in [0.3, 0.4) is 0 Å². The zero-order valence-electron chi connectivity index (χ0n) is 13.1. The lowest BCUT2D eigenvalue weighted by molar-refractivity contribution is -0.0662. The van der Waals surface area contributed by atoms with Gasteiger partial charge in [0.2, 0.25) is 9.84 Å². The predicted molar refractivity (Wildman–Crippen MR) is 80.9 cm³/mol. The first kappa shape index (κ1) is 17.1. The summed E-state index contributed by atoms with van der Waals surface area (Å²) in [4.78, 5) is -0.384. The van der Waals surface area contributed by atoms with Gasteiger partial charge in [-0.2, -0.15) is 8.78 Å². The predicted octanol–water partition coefficient (Wildman–Crippen LogP) is 3.44. The molecular weight excluding hydrogens is 312 g/mol. The van der Waals surface area contributed by atoms with E-state index in [4.69, 9.17) is 4.74 Å². The SMILES string of the molecule is CC1(C)CC(Nc2ccccc2S(=O)(=O)C(F)F)C(C)(C)O1. The normalized spacial score (nSPS) is 23.7. The lowest BCUT2D eigenvalue weighted by atomic mass is 9.94. The monoisotopic (exact) mass is 333 g/mol. The van der Waals surface area contributed by atoms with Crippen molar-refractivity contribution < 1.29 is 21.9 Å². The van der Waals surface area contributed by atoms with Crippen molar-refractivity contribution in [2.24, 2.45) is 0 Å². The molecule has 1 saturated heterocycles. The molecule has 22 heavy (non-hydrogen) atoms. The summed E-state index contributed by atoms with van der Waals surface area (Å²) in [6.45, 7) is 7.67. The Balaban J connectivity index is 2.36. The van der Waals surface area contributed by atoms with Gasteiger partial charge in [-0.1, -0.05) is 12.1 Å². The maximum Gasteiger partial charge on any atom is 0.341 e. The number of anilines is 1. The van der Waals surface area contributed by atoms with Crippen molar-refractivity contribution in [2.75, 3.05) is 5.32 Å². The highest BCUT2D eigenvalue weighted by Gasteiger charge is 2.46. The number of para-hydroxylation sites is 1. The van der Waals surface area contributed by atoms with E-state index < -0.39 is 21.2 Å². The van der Waals surface area contributed by atoms with Gasteiger partial charge in [-0.05, 0) is 46.2 Å². The summed E-state index contributed by atoms with van der Waals surface area (Å²) in [5, 5.41) is 3.08. The van der Waals surface area contributed by atoms with E-state index in [0.29, 0.717) is 6.42 Å². The molecule has 2 rings (SSSR count). The topological polar surface area (TPSA) is 55.4 Å². The fourth-order valence-electron chi connectivity index (χ4n) is 2.90. The number of alkyl halides is 2. The van der Waals surface area contributed by atoms with Crippen LogP contribution >= 0.6 is 0 Å². The maximum absolute atomic E-state index is 12.8. The first-order chi connectivity index (χ1) is 9.96. The van der Waals surface area contributed by atoms with Gasteiger partial charge >= 0.3 is 5.76 Å². The van der Waals surface area contributed by atoms with Crippen molar-refractivity contribution in [3.63, 3.8) is 0 Å². The molecule has 1 unspecified atom stereocenters. The molecule has 0 spiro atoms. The highest BCUT2D eigenvalue weighted by Crippen LogP contribution is 2.39. The first-order valence-electron chi connectivity index (χ1n) is 7.03. The molecule has 1 aromatic rings. The van der Waals surface area contributed by atoms with Crippen molar-refractivity contribution >= 4 is 15.5 Å². The Labute approximate surface area is 129 Å². The van der Waals surface area contributed by atoms with Crippen molar-refractivity contribution in [2.45, 2.75) is 62.0 Å². The molecule has 1 aliphatic heterocycles. The van der Waals surface area contributed by atoms with Crippen LogP contribution in [0.2, 0.25) is 0 Å². The van der Waals surface area contributed by atoms with Gasteiger partial charge in [0.15, 0.2) is 0 Å². The Bertz CT molecular complexity index is 657. The first-order valence-corrected chi connectivity index (χ1v) is 8.58.